The molecule has 1 aliphatic rings. The molecule has 0 aliphatic carbocycles. The van der Waals surface area contributed by atoms with Gasteiger partial charge in [0.2, 0.25) is 5.91 Å². The number of amides is 1. The van der Waals surface area contributed by atoms with Gasteiger partial charge in [-0.15, -0.1) is 0 Å². The highest BCUT2D eigenvalue weighted by Crippen LogP contribution is 2.33. The average Bonchev–Trinajstić information content (AvgIpc) is 3.50. The Morgan fingerprint density at radius 3 is 2.85 bits per heavy atom. The molecule has 2 aromatic carbocycles. The van der Waals surface area contributed by atoms with E-state index in [1.54, 1.807) is 0 Å². The molecule has 0 saturated heterocycles. The summed E-state index contributed by atoms with van der Waals surface area (Å²) in [6.07, 6.45) is 2.60. The Labute approximate surface area is 223 Å². The SMILES string of the molecule is NCCOCCC(=O)N1CCc2cc(Cn3nc(-c4ccc5oc(N)nc5c4)c4c(N)ncnc43)ccc2C1. The number of nitrogens with two attached hydrogens (primary N) is 3. The summed E-state index contributed by atoms with van der Waals surface area (Å²) >= 11 is 0. The lowest BCUT2D eigenvalue weighted by atomic mass is 9.97. The number of nitrogens with zero attached hydrogens (tertiary/aromatic N) is 6. The van der Waals surface area contributed by atoms with Crippen LogP contribution in [0.1, 0.15) is 23.1 Å². The molecule has 0 bridgehead atoms. The first kappa shape index (κ1) is 24.8. The molecular formula is C27H29N9O3. The van der Waals surface area contributed by atoms with Crippen LogP contribution in [0.5, 0.6) is 0 Å². The van der Waals surface area contributed by atoms with E-state index in [1.807, 2.05) is 27.8 Å². The van der Waals surface area contributed by atoms with Gasteiger partial charge in [-0.1, -0.05) is 18.2 Å². The van der Waals surface area contributed by atoms with Gasteiger partial charge in [0.05, 0.1) is 31.6 Å². The zero-order chi connectivity index (χ0) is 26.9. The number of oxazole rings is 1. The first-order chi connectivity index (χ1) is 19.0. The number of anilines is 2. The van der Waals surface area contributed by atoms with E-state index in [-0.39, 0.29) is 11.9 Å². The molecule has 1 aliphatic heterocycles. The van der Waals surface area contributed by atoms with E-state index in [2.05, 4.69) is 33.2 Å². The number of rotatable bonds is 8. The van der Waals surface area contributed by atoms with Crippen LogP contribution in [0.25, 0.3) is 33.4 Å². The van der Waals surface area contributed by atoms with Crippen molar-refractivity contribution in [3.05, 3.63) is 59.4 Å². The minimum absolute atomic E-state index is 0.0982. The van der Waals surface area contributed by atoms with Crippen molar-refractivity contribution in [2.75, 3.05) is 37.8 Å². The minimum atomic E-state index is 0.0982. The first-order valence-corrected chi connectivity index (χ1v) is 12.8. The van der Waals surface area contributed by atoms with Gasteiger partial charge >= 0.3 is 0 Å². The molecule has 3 aromatic heterocycles. The molecule has 6 rings (SSSR count). The number of hydrogen-bond acceptors (Lipinski definition) is 10. The van der Waals surface area contributed by atoms with E-state index >= 15 is 0 Å². The molecule has 0 atom stereocenters. The summed E-state index contributed by atoms with van der Waals surface area (Å²) in [4.78, 5) is 27.4. The Morgan fingerprint density at radius 1 is 1.08 bits per heavy atom. The normalized spacial score (nSPS) is 13.3. The van der Waals surface area contributed by atoms with E-state index < -0.39 is 0 Å². The maximum atomic E-state index is 12.6. The van der Waals surface area contributed by atoms with Gasteiger partial charge in [-0.05, 0) is 41.3 Å². The molecule has 12 heteroatoms. The molecule has 6 N–H and O–H groups in total. The van der Waals surface area contributed by atoms with E-state index in [4.69, 9.17) is 31.5 Å². The predicted octanol–water partition coefficient (Wildman–Crippen LogP) is 2.10. The van der Waals surface area contributed by atoms with E-state index in [1.165, 1.54) is 11.9 Å². The molecule has 12 nitrogen and oxygen atoms in total. The Bertz CT molecular complexity index is 1680. The molecular weight excluding hydrogens is 498 g/mol. The lowest BCUT2D eigenvalue weighted by molar-refractivity contribution is -0.133. The number of carbonyl (C=O) groups excluding carboxylic acids is 1. The van der Waals surface area contributed by atoms with Crippen molar-refractivity contribution in [1.82, 2.24) is 29.6 Å². The molecule has 0 unspecified atom stereocenters. The van der Waals surface area contributed by atoms with Gasteiger partial charge in [-0.2, -0.15) is 10.1 Å². The Hall–Kier alpha value is -4.55. The van der Waals surface area contributed by atoms with Gasteiger partial charge in [0.25, 0.3) is 6.01 Å². The third kappa shape index (κ3) is 4.87. The number of ether oxygens (including phenoxy) is 1. The van der Waals surface area contributed by atoms with Crippen molar-refractivity contribution in [2.45, 2.75) is 25.9 Å². The second kappa shape index (κ2) is 10.3. The smallest absolute Gasteiger partial charge is 0.292 e. The molecule has 0 fully saturated rings. The Kier molecular flexibility index (Phi) is 6.55. The fourth-order valence-corrected chi connectivity index (χ4v) is 5.03. The van der Waals surface area contributed by atoms with Gasteiger partial charge in [0.15, 0.2) is 11.2 Å². The Balaban J connectivity index is 1.25. The Morgan fingerprint density at radius 2 is 1.97 bits per heavy atom. The van der Waals surface area contributed by atoms with Crippen LogP contribution in [0.15, 0.2) is 47.1 Å². The summed E-state index contributed by atoms with van der Waals surface area (Å²) in [5, 5.41) is 5.57. The van der Waals surface area contributed by atoms with Gasteiger partial charge in [0.1, 0.15) is 23.4 Å². The molecule has 4 heterocycles. The van der Waals surface area contributed by atoms with Crippen LogP contribution < -0.4 is 17.2 Å². The van der Waals surface area contributed by atoms with E-state index in [0.717, 1.165) is 23.1 Å². The largest absolute Gasteiger partial charge is 0.424 e. The maximum Gasteiger partial charge on any atom is 0.292 e. The van der Waals surface area contributed by atoms with Crippen molar-refractivity contribution < 1.29 is 13.9 Å². The summed E-state index contributed by atoms with van der Waals surface area (Å²) in [5.74, 6) is 0.450. The van der Waals surface area contributed by atoms with Crippen molar-refractivity contribution in [2.24, 2.45) is 5.73 Å². The molecule has 200 valence electrons. The quantitative estimate of drug-likeness (QED) is 0.253. The average molecular weight is 528 g/mol. The number of carbonyl (C=O) groups is 1. The van der Waals surface area contributed by atoms with Crippen molar-refractivity contribution in [1.29, 1.82) is 0 Å². The highest BCUT2D eigenvalue weighted by atomic mass is 16.5. The third-order valence-corrected chi connectivity index (χ3v) is 6.93. The van der Waals surface area contributed by atoms with E-state index in [9.17, 15) is 4.79 Å². The second-order valence-electron chi connectivity index (χ2n) is 9.52. The summed E-state index contributed by atoms with van der Waals surface area (Å²) in [6.45, 7) is 3.10. The van der Waals surface area contributed by atoms with Crippen molar-refractivity contribution >= 4 is 39.9 Å². The number of fused-ring (bicyclic) bond motifs is 3. The number of aromatic nitrogens is 5. The molecule has 0 radical (unpaired) electrons. The highest BCUT2D eigenvalue weighted by Gasteiger charge is 2.22. The van der Waals surface area contributed by atoms with Crippen LogP contribution in [0, 0.1) is 0 Å². The molecule has 0 saturated carbocycles. The van der Waals surface area contributed by atoms with Crippen LogP contribution in [-0.4, -0.2) is 61.8 Å². The zero-order valence-electron chi connectivity index (χ0n) is 21.3. The van der Waals surface area contributed by atoms with Crippen LogP contribution in [0.3, 0.4) is 0 Å². The van der Waals surface area contributed by atoms with Crippen LogP contribution in [0.4, 0.5) is 11.8 Å². The molecule has 5 aromatic rings. The zero-order valence-corrected chi connectivity index (χ0v) is 21.3. The maximum absolute atomic E-state index is 12.6. The summed E-state index contributed by atoms with van der Waals surface area (Å²) in [5.41, 5.74) is 24.2. The summed E-state index contributed by atoms with van der Waals surface area (Å²) in [6, 6.07) is 12.0. The molecule has 1 amide bonds. The second-order valence-corrected chi connectivity index (χ2v) is 9.52. The van der Waals surface area contributed by atoms with Crippen molar-refractivity contribution in [3.8, 4) is 11.3 Å². The van der Waals surface area contributed by atoms with Gasteiger partial charge < -0.3 is 31.3 Å². The first-order valence-electron chi connectivity index (χ1n) is 12.8. The van der Waals surface area contributed by atoms with Crippen LogP contribution in [0.2, 0.25) is 0 Å². The predicted molar refractivity (Wildman–Crippen MR) is 146 cm³/mol. The molecule has 39 heavy (non-hydrogen) atoms. The minimum Gasteiger partial charge on any atom is -0.424 e. The fourth-order valence-electron chi connectivity index (χ4n) is 5.03. The monoisotopic (exact) mass is 527 g/mol. The number of nitrogen functional groups attached to an aromatic ring is 2. The highest BCUT2D eigenvalue weighted by molar-refractivity contribution is 5.99. The van der Waals surface area contributed by atoms with Crippen LogP contribution >= 0.6 is 0 Å². The topological polar surface area (TPSA) is 177 Å². The summed E-state index contributed by atoms with van der Waals surface area (Å²) in [7, 11) is 0. The van der Waals surface area contributed by atoms with Crippen molar-refractivity contribution in [3.63, 3.8) is 0 Å². The lowest BCUT2D eigenvalue weighted by Crippen LogP contribution is -2.36. The number of benzene rings is 2. The van der Waals surface area contributed by atoms with Gasteiger partial charge in [-0.3, -0.25) is 4.79 Å². The van der Waals surface area contributed by atoms with E-state index in [0.29, 0.717) is 79.5 Å². The summed E-state index contributed by atoms with van der Waals surface area (Å²) < 4.78 is 12.6. The number of hydrogen-bond donors (Lipinski definition) is 3. The third-order valence-electron chi connectivity index (χ3n) is 6.93. The standard InChI is InChI=1S/C27H29N9O3/c28-7-10-38-9-6-22(37)35-8-5-17-11-16(1-2-19(17)14-35)13-36-26-23(25(29)31-15-32-26)24(34-36)18-3-4-21-20(12-18)33-27(30)39-21/h1-4,11-12,15H,5-10,13-14,28H2,(H2,30,33)(H2,29,31,32). The molecule has 0 spiro atoms. The lowest BCUT2D eigenvalue weighted by Gasteiger charge is -2.29. The van der Waals surface area contributed by atoms with Gasteiger partial charge in [0, 0.05) is 25.2 Å². The van der Waals surface area contributed by atoms with Crippen LogP contribution in [-0.2, 0) is 29.0 Å². The van der Waals surface area contributed by atoms with Gasteiger partial charge in [-0.25, -0.2) is 14.6 Å². The fraction of sp³-hybridized carbons (Fsp3) is 0.296.